The van der Waals surface area contributed by atoms with Crippen molar-refractivity contribution in [1.82, 2.24) is 20.0 Å². The number of aryl methyl sites for hydroxylation is 1. The Morgan fingerprint density at radius 1 is 1.14 bits per heavy atom. The molecule has 1 aliphatic heterocycles. The first-order valence-corrected chi connectivity index (χ1v) is 12.2. The predicted octanol–water partition coefficient (Wildman–Crippen LogP) is 4.79. The molecule has 178 valence electrons. The van der Waals surface area contributed by atoms with Gasteiger partial charge in [-0.05, 0) is 43.0 Å². The number of carbonyl (C=O) groups is 2. The fourth-order valence-electron chi connectivity index (χ4n) is 4.31. The van der Waals surface area contributed by atoms with Crippen molar-refractivity contribution < 1.29 is 14.0 Å². The first-order chi connectivity index (χ1) is 16.8. The number of fused-ring (bicyclic) bond motifs is 1. The monoisotopic (exact) mass is 488 g/mol. The number of benzene rings is 2. The Balaban J connectivity index is 1.49. The third-order valence-electron chi connectivity index (χ3n) is 6.42. The number of hydrogen-bond acceptors (Lipinski definition) is 4. The molecule has 3 heterocycles. The standard InChI is InChI=1S/C27H25FN4O2S/c1-18-9-11-19(12-10-18)15-29-26(34)27(2)17-32-23(14-22(30-32)24-8-5-13-35-24)25(33)31(27)16-20-6-3-4-7-21(20)28/h3-14H,15-17H2,1-2H3,(H,29,34)/t27-/m1/s1. The van der Waals surface area contributed by atoms with Crippen molar-refractivity contribution in [3.63, 3.8) is 0 Å². The normalized spacial score (nSPS) is 17.3. The van der Waals surface area contributed by atoms with Gasteiger partial charge in [-0.3, -0.25) is 14.3 Å². The molecule has 1 N–H and O–H groups in total. The number of amides is 2. The molecule has 0 bridgehead atoms. The summed E-state index contributed by atoms with van der Waals surface area (Å²) in [6.45, 7) is 4.17. The van der Waals surface area contributed by atoms with E-state index < -0.39 is 11.4 Å². The highest BCUT2D eigenvalue weighted by Gasteiger charge is 2.48. The SMILES string of the molecule is Cc1ccc(CNC(=O)[C@@]2(C)Cn3nc(-c4cccs4)cc3C(=O)N2Cc2ccccc2F)cc1. The lowest BCUT2D eigenvalue weighted by Crippen LogP contribution is -2.63. The van der Waals surface area contributed by atoms with Crippen molar-refractivity contribution in [3.05, 3.63) is 100 Å². The van der Waals surface area contributed by atoms with E-state index in [2.05, 4.69) is 10.4 Å². The van der Waals surface area contributed by atoms with Crippen LogP contribution in [0.1, 0.15) is 34.1 Å². The van der Waals surface area contributed by atoms with Gasteiger partial charge in [0.05, 0.1) is 18.0 Å². The quantitative estimate of drug-likeness (QED) is 0.424. The van der Waals surface area contributed by atoms with Crippen LogP contribution in [0.2, 0.25) is 0 Å². The summed E-state index contributed by atoms with van der Waals surface area (Å²) < 4.78 is 16.2. The van der Waals surface area contributed by atoms with Gasteiger partial charge in [-0.15, -0.1) is 11.3 Å². The van der Waals surface area contributed by atoms with Crippen molar-refractivity contribution in [2.75, 3.05) is 0 Å². The van der Waals surface area contributed by atoms with E-state index in [0.717, 1.165) is 16.0 Å². The van der Waals surface area contributed by atoms with E-state index in [9.17, 15) is 14.0 Å². The van der Waals surface area contributed by atoms with Gasteiger partial charge in [0.25, 0.3) is 5.91 Å². The summed E-state index contributed by atoms with van der Waals surface area (Å²) in [6.07, 6.45) is 0. The molecular weight excluding hydrogens is 463 g/mol. The molecular formula is C27H25FN4O2S. The first kappa shape index (κ1) is 23.0. The molecule has 35 heavy (non-hydrogen) atoms. The van der Waals surface area contributed by atoms with Gasteiger partial charge in [0.15, 0.2) is 0 Å². The van der Waals surface area contributed by atoms with Crippen LogP contribution in [0.25, 0.3) is 10.6 Å². The predicted molar refractivity (Wildman–Crippen MR) is 133 cm³/mol. The smallest absolute Gasteiger partial charge is 0.273 e. The van der Waals surface area contributed by atoms with Gasteiger partial charge in [-0.2, -0.15) is 5.10 Å². The molecule has 1 aliphatic rings. The summed E-state index contributed by atoms with van der Waals surface area (Å²) in [4.78, 5) is 29.7. The minimum Gasteiger partial charge on any atom is -0.350 e. The molecule has 0 saturated carbocycles. The number of nitrogens with zero attached hydrogens (tertiary/aromatic N) is 3. The summed E-state index contributed by atoms with van der Waals surface area (Å²) in [5, 5.41) is 9.56. The van der Waals surface area contributed by atoms with Gasteiger partial charge in [-0.25, -0.2) is 4.39 Å². The second-order valence-corrected chi connectivity index (χ2v) is 9.92. The Kier molecular flexibility index (Phi) is 5.98. The van der Waals surface area contributed by atoms with E-state index in [-0.39, 0.29) is 24.9 Å². The molecule has 2 aromatic carbocycles. The molecule has 5 rings (SSSR count). The van der Waals surface area contributed by atoms with Gasteiger partial charge < -0.3 is 10.2 Å². The van der Waals surface area contributed by atoms with Crippen molar-refractivity contribution >= 4 is 23.2 Å². The third kappa shape index (κ3) is 4.37. The zero-order chi connectivity index (χ0) is 24.6. The number of thiophene rings is 1. The zero-order valence-electron chi connectivity index (χ0n) is 19.5. The van der Waals surface area contributed by atoms with Crippen LogP contribution < -0.4 is 5.32 Å². The minimum absolute atomic E-state index is 0.0283. The Labute approximate surface area is 207 Å². The average Bonchev–Trinajstić information content (AvgIpc) is 3.52. The van der Waals surface area contributed by atoms with Crippen molar-refractivity contribution in [2.45, 2.75) is 39.0 Å². The molecule has 1 atom stereocenters. The van der Waals surface area contributed by atoms with E-state index in [1.807, 2.05) is 48.7 Å². The van der Waals surface area contributed by atoms with Crippen LogP contribution in [0.15, 0.2) is 72.1 Å². The van der Waals surface area contributed by atoms with Crippen LogP contribution in [0.5, 0.6) is 0 Å². The largest absolute Gasteiger partial charge is 0.350 e. The Hall–Kier alpha value is -3.78. The Morgan fingerprint density at radius 3 is 2.63 bits per heavy atom. The van der Waals surface area contributed by atoms with Crippen LogP contribution in [0.3, 0.4) is 0 Å². The van der Waals surface area contributed by atoms with Gasteiger partial charge in [0.1, 0.15) is 22.7 Å². The molecule has 0 spiro atoms. The molecule has 0 fully saturated rings. The molecule has 2 amide bonds. The summed E-state index contributed by atoms with van der Waals surface area (Å²) >= 11 is 1.53. The molecule has 0 radical (unpaired) electrons. The lowest BCUT2D eigenvalue weighted by Gasteiger charge is -2.43. The van der Waals surface area contributed by atoms with Crippen molar-refractivity contribution in [1.29, 1.82) is 0 Å². The summed E-state index contributed by atoms with van der Waals surface area (Å²) in [5.74, 6) is -1.09. The molecule has 0 aliphatic carbocycles. The van der Waals surface area contributed by atoms with Crippen LogP contribution in [0.4, 0.5) is 4.39 Å². The molecule has 4 aromatic rings. The Bertz CT molecular complexity index is 1380. The third-order valence-corrected chi connectivity index (χ3v) is 7.31. The summed E-state index contributed by atoms with van der Waals surface area (Å²) in [6, 6.07) is 19.8. The van der Waals surface area contributed by atoms with Crippen LogP contribution in [-0.4, -0.2) is 32.0 Å². The van der Waals surface area contributed by atoms with Crippen molar-refractivity contribution in [3.8, 4) is 10.6 Å². The summed E-state index contributed by atoms with van der Waals surface area (Å²) in [7, 11) is 0. The van der Waals surface area contributed by atoms with E-state index in [1.165, 1.54) is 22.3 Å². The second kappa shape index (κ2) is 9.11. The average molecular weight is 489 g/mol. The lowest BCUT2D eigenvalue weighted by molar-refractivity contribution is -0.133. The van der Waals surface area contributed by atoms with Crippen LogP contribution in [-0.2, 0) is 24.4 Å². The summed E-state index contributed by atoms with van der Waals surface area (Å²) in [5.41, 5.74) is 2.23. The number of hydrogen-bond donors (Lipinski definition) is 1. The highest BCUT2D eigenvalue weighted by Crippen LogP contribution is 2.33. The minimum atomic E-state index is -1.27. The molecule has 0 unspecified atom stereocenters. The van der Waals surface area contributed by atoms with Crippen LogP contribution >= 0.6 is 11.3 Å². The highest BCUT2D eigenvalue weighted by molar-refractivity contribution is 7.13. The number of nitrogens with one attached hydrogen (secondary N) is 1. The van der Waals surface area contributed by atoms with E-state index >= 15 is 0 Å². The van der Waals surface area contributed by atoms with E-state index in [4.69, 9.17) is 0 Å². The Morgan fingerprint density at radius 2 is 1.91 bits per heavy atom. The van der Waals surface area contributed by atoms with Gasteiger partial charge in [0.2, 0.25) is 5.91 Å². The number of rotatable bonds is 6. The molecule has 0 saturated heterocycles. The molecule has 8 heteroatoms. The van der Waals surface area contributed by atoms with Gasteiger partial charge in [-0.1, -0.05) is 54.1 Å². The fourth-order valence-corrected chi connectivity index (χ4v) is 4.99. The number of aromatic nitrogens is 2. The second-order valence-electron chi connectivity index (χ2n) is 8.97. The maximum absolute atomic E-state index is 14.6. The maximum atomic E-state index is 14.6. The number of halogens is 1. The lowest BCUT2D eigenvalue weighted by atomic mass is 9.94. The first-order valence-electron chi connectivity index (χ1n) is 11.4. The van der Waals surface area contributed by atoms with Crippen molar-refractivity contribution in [2.24, 2.45) is 0 Å². The van der Waals surface area contributed by atoms with E-state index in [0.29, 0.717) is 23.5 Å². The fraction of sp³-hybridized carbons (Fsp3) is 0.222. The van der Waals surface area contributed by atoms with Gasteiger partial charge >= 0.3 is 0 Å². The van der Waals surface area contributed by atoms with Crippen LogP contribution in [0, 0.1) is 12.7 Å². The molecule has 2 aromatic heterocycles. The topological polar surface area (TPSA) is 67.2 Å². The zero-order valence-corrected chi connectivity index (χ0v) is 20.3. The number of carbonyl (C=O) groups excluding carboxylic acids is 2. The maximum Gasteiger partial charge on any atom is 0.273 e. The van der Waals surface area contributed by atoms with E-state index in [1.54, 1.807) is 35.9 Å². The van der Waals surface area contributed by atoms with Gasteiger partial charge in [0, 0.05) is 12.1 Å². The molecule has 6 nitrogen and oxygen atoms in total. The highest BCUT2D eigenvalue weighted by atomic mass is 32.1.